The van der Waals surface area contributed by atoms with Gasteiger partial charge in [-0.05, 0) is 19.1 Å². The largest absolute Gasteiger partial charge is 0.392 e. The van der Waals surface area contributed by atoms with Crippen molar-refractivity contribution in [2.24, 2.45) is 5.84 Å². The molecule has 0 bridgehead atoms. The lowest BCUT2D eigenvalue weighted by molar-refractivity contribution is -0.384. The predicted molar refractivity (Wildman–Crippen MR) is 69.5 cm³/mol. The minimum atomic E-state index is -0.719. The van der Waals surface area contributed by atoms with Gasteiger partial charge in [0.25, 0.3) is 5.91 Å². The molecule has 0 spiro atoms. The molecule has 0 saturated heterocycles. The molecule has 19 heavy (non-hydrogen) atoms. The Morgan fingerprint density at radius 3 is 2.74 bits per heavy atom. The Labute approximate surface area is 109 Å². The third-order valence-electron chi connectivity index (χ3n) is 2.49. The topological polar surface area (TPSA) is 122 Å². The van der Waals surface area contributed by atoms with Gasteiger partial charge in [0, 0.05) is 13.6 Å². The summed E-state index contributed by atoms with van der Waals surface area (Å²) in [6.07, 6.45) is -0.719. The summed E-state index contributed by atoms with van der Waals surface area (Å²) in [6, 6.07) is 4.25. The fourth-order valence-corrected chi connectivity index (χ4v) is 1.71. The molecule has 4 N–H and O–H groups in total. The normalized spacial score (nSPS) is 11.8. The van der Waals surface area contributed by atoms with Crippen molar-refractivity contribution >= 4 is 17.3 Å². The number of nitrogen functional groups attached to an aromatic ring is 1. The van der Waals surface area contributed by atoms with Crippen LogP contribution in [0.5, 0.6) is 0 Å². The Morgan fingerprint density at radius 2 is 2.26 bits per heavy atom. The maximum Gasteiger partial charge on any atom is 0.306 e. The average Bonchev–Trinajstić information content (AvgIpc) is 2.35. The Kier molecular flexibility index (Phi) is 4.79. The zero-order valence-corrected chi connectivity index (χ0v) is 10.7. The van der Waals surface area contributed by atoms with E-state index in [9.17, 15) is 20.0 Å². The van der Waals surface area contributed by atoms with Crippen LogP contribution in [0.4, 0.5) is 11.4 Å². The number of hydrazine groups is 1. The number of hydrogen-bond donors (Lipinski definition) is 3. The maximum atomic E-state index is 12.1. The third-order valence-corrected chi connectivity index (χ3v) is 2.49. The number of nitrogens with zero attached hydrogens (tertiary/aromatic N) is 2. The number of amides is 1. The second-order valence-corrected chi connectivity index (χ2v) is 4.14. The van der Waals surface area contributed by atoms with E-state index in [1.807, 2.05) is 0 Å². The van der Waals surface area contributed by atoms with Crippen LogP contribution in [0.25, 0.3) is 0 Å². The van der Waals surface area contributed by atoms with E-state index in [0.29, 0.717) is 0 Å². The van der Waals surface area contributed by atoms with Gasteiger partial charge in [-0.15, -0.1) is 0 Å². The van der Waals surface area contributed by atoms with Gasteiger partial charge in [-0.3, -0.25) is 20.8 Å². The molecule has 1 amide bonds. The minimum Gasteiger partial charge on any atom is -0.392 e. The lowest BCUT2D eigenvalue weighted by atomic mass is 10.1. The first-order chi connectivity index (χ1) is 8.88. The molecule has 1 aromatic carbocycles. The van der Waals surface area contributed by atoms with E-state index in [4.69, 9.17) is 5.84 Å². The zero-order valence-electron chi connectivity index (χ0n) is 10.7. The fraction of sp³-hybridized carbons (Fsp3) is 0.364. The number of carbonyl (C=O) groups is 1. The zero-order chi connectivity index (χ0) is 14.6. The first-order valence-corrected chi connectivity index (χ1v) is 5.56. The fourth-order valence-electron chi connectivity index (χ4n) is 1.71. The molecular formula is C11H16N4O4. The highest BCUT2D eigenvalue weighted by molar-refractivity contribution is 6.00. The summed E-state index contributed by atoms with van der Waals surface area (Å²) in [5.74, 6) is 4.64. The van der Waals surface area contributed by atoms with E-state index in [0.717, 1.165) is 0 Å². The Morgan fingerprint density at radius 1 is 1.63 bits per heavy atom. The number of nitro benzene ring substituents is 1. The molecule has 8 nitrogen and oxygen atoms in total. The molecule has 0 fully saturated rings. The van der Waals surface area contributed by atoms with Crippen molar-refractivity contribution in [3.05, 3.63) is 33.9 Å². The lowest BCUT2D eigenvalue weighted by Gasteiger charge is -2.19. The van der Waals surface area contributed by atoms with Gasteiger partial charge in [-0.2, -0.15) is 0 Å². The van der Waals surface area contributed by atoms with Crippen LogP contribution in [0.3, 0.4) is 0 Å². The number of benzene rings is 1. The number of nitro groups is 1. The predicted octanol–water partition coefficient (Wildman–Crippen LogP) is 0.333. The van der Waals surface area contributed by atoms with Crippen LogP contribution in [0, 0.1) is 10.1 Å². The van der Waals surface area contributed by atoms with E-state index in [2.05, 4.69) is 5.43 Å². The molecule has 8 heteroatoms. The van der Waals surface area contributed by atoms with Crippen molar-refractivity contribution < 1.29 is 14.8 Å². The first-order valence-electron chi connectivity index (χ1n) is 5.56. The van der Waals surface area contributed by atoms with E-state index in [-0.39, 0.29) is 23.5 Å². The molecule has 0 saturated carbocycles. The first kappa shape index (κ1) is 14.9. The molecular weight excluding hydrogens is 252 g/mol. The van der Waals surface area contributed by atoms with Gasteiger partial charge in [0.2, 0.25) is 0 Å². The van der Waals surface area contributed by atoms with Gasteiger partial charge < -0.3 is 15.4 Å². The van der Waals surface area contributed by atoms with Gasteiger partial charge in [0.05, 0.1) is 11.0 Å². The van der Waals surface area contributed by atoms with Crippen molar-refractivity contribution in [2.45, 2.75) is 13.0 Å². The maximum absolute atomic E-state index is 12.1. The Bertz CT molecular complexity index is 490. The summed E-state index contributed by atoms with van der Waals surface area (Å²) >= 11 is 0. The number of nitrogens with one attached hydrogen (secondary N) is 1. The number of aliphatic hydroxyl groups excluding tert-OH is 1. The van der Waals surface area contributed by atoms with Crippen LogP contribution in [0.2, 0.25) is 0 Å². The van der Waals surface area contributed by atoms with E-state index in [1.54, 1.807) is 0 Å². The van der Waals surface area contributed by atoms with Crippen molar-refractivity contribution in [3.63, 3.8) is 0 Å². The van der Waals surface area contributed by atoms with Gasteiger partial charge in [0.15, 0.2) is 0 Å². The number of likely N-dealkylation sites (N-methyl/N-ethyl adjacent to an activating group) is 1. The van der Waals surface area contributed by atoms with Gasteiger partial charge in [0.1, 0.15) is 11.3 Å². The monoisotopic (exact) mass is 268 g/mol. The van der Waals surface area contributed by atoms with E-state index in [1.165, 1.54) is 37.1 Å². The molecule has 1 rings (SSSR count). The van der Waals surface area contributed by atoms with Crippen molar-refractivity contribution in [1.82, 2.24) is 4.90 Å². The lowest BCUT2D eigenvalue weighted by Crippen LogP contribution is -2.33. The summed E-state index contributed by atoms with van der Waals surface area (Å²) in [4.78, 5) is 23.7. The molecule has 0 heterocycles. The number of rotatable bonds is 5. The molecule has 0 aromatic heterocycles. The van der Waals surface area contributed by atoms with Gasteiger partial charge in [-0.1, -0.05) is 6.07 Å². The number of nitrogens with two attached hydrogens (primary N) is 1. The van der Waals surface area contributed by atoms with Crippen LogP contribution >= 0.6 is 0 Å². The van der Waals surface area contributed by atoms with Gasteiger partial charge >= 0.3 is 5.69 Å². The third kappa shape index (κ3) is 3.39. The molecule has 1 atom stereocenters. The molecule has 104 valence electrons. The Balaban J connectivity index is 3.19. The summed E-state index contributed by atoms with van der Waals surface area (Å²) in [5.41, 5.74) is 1.78. The van der Waals surface area contributed by atoms with Crippen LogP contribution in [-0.4, -0.2) is 40.5 Å². The Hall–Kier alpha value is -2.19. The number of carbonyl (C=O) groups excluding carboxylic acids is 1. The molecule has 0 radical (unpaired) electrons. The van der Waals surface area contributed by atoms with Crippen molar-refractivity contribution in [3.8, 4) is 0 Å². The van der Waals surface area contributed by atoms with E-state index >= 15 is 0 Å². The van der Waals surface area contributed by atoms with Crippen LogP contribution < -0.4 is 11.3 Å². The number of para-hydroxylation sites is 1. The van der Waals surface area contributed by atoms with Crippen LogP contribution in [0.15, 0.2) is 18.2 Å². The highest BCUT2D eigenvalue weighted by atomic mass is 16.6. The summed E-state index contributed by atoms with van der Waals surface area (Å²) in [5, 5.41) is 20.3. The standard InChI is InChI=1S/C11H16N4O4/c1-7(16)6-14(2)11(17)8-4-3-5-9(13-12)10(8)15(18)19/h3-5,7,13,16H,6,12H2,1-2H3. The molecule has 1 aromatic rings. The summed E-state index contributed by atoms with van der Waals surface area (Å²) < 4.78 is 0. The SMILES string of the molecule is CC(O)CN(C)C(=O)c1cccc(NN)c1[N+](=O)[O-]. The molecule has 0 aliphatic carbocycles. The highest BCUT2D eigenvalue weighted by Crippen LogP contribution is 2.28. The quantitative estimate of drug-likeness (QED) is 0.402. The second-order valence-electron chi connectivity index (χ2n) is 4.14. The molecule has 1 unspecified atom stereocenters. The molecule has 0 aliphatic rings. The smallest absolute Gasteiger partial charge is 0.306 e. The summed E-state index contributed by atoms with van der Waals surface area (Å²) in [6.45, 7) is 1.60. The summed E-state index contributed by atoms with van der Waals surface area (Å²) in [7, 11) is 1.46. The second kappa shape index (κ2) is 6.12. The van der Waals surface area contributed by atoms with Crippen molar-refractivity contribution in [2.75, 3.05) is 19.0 Å². The van der Waals surface area contributed by atoms with E-state index < -0.39 is 16.9 Å². The van der Waals surface area contributed by atoms with Crippen molar-refractivity contribution in [1.29, 1.82) is 0 Å². The van der Waals surface area contributed by atoms with Crippen LogP contribution in [-0.2, 0) is 0 Å². The highest BCUT2D eigenvalue weighted by Gasteiger charge is 2.26. The molecule has 0 aliphatic heterocycles. The number of aliphatic hydroxyl groups is 1. The average molecular weight is 268 g/mol. The van der Waals surface area contributed by atoms with Gasteiger partial charge in [-0.25, -0.2) is 0 Å². The minimum absolute atomic E-state index is 0.0568. The number of anilines is 1. The van der Waals surface area contributed by atoms with Crippen LogP contribution in [0.1, 0.15) is 17.3 Å². The number of hydrogen-bond acceptors (Lipinski definition) is 6.